The van der Waals surface area contributed by atoms with Crippen LogP contribution >= 0.6 is 0 Å². The summed E-state index contributed by atoms with van der Waals surface area (Å²) in [6.07, 6.45) is 20.1. The van der Waals surface area contributed by atoms with E-state index in [4.69, 9.17) is 6.85 Å². The van der Waals surface area contributed by atoms with Crippen molar-refractivity contribution in [1.29, 1.82) is 0 Å². The number of unbranched alkanes of at least 4 members (excludes halogenated alkanes) is 20. The Kier molecular flexibility index (Phi) is 21.0. The van der Waals surface area contributed by atoms with E-state index in [0.717, 1.165) is 51.4 Å². The first-order valence-corrected chi connectivity index (χ1v) is 15.1. The van der Waals surface area contributed by atoms with Crippen molar-refractivity contribution in [2.75, 3.05) is 13.1 Å². The highest BCUT2D eigenvalue weighted by Crippen LogP contribution is 2.13. The summed E-state index contributed by atoms with van der Waals surface area (Å²) in [4.78, 5) is 24.3. The van der Waals surface area contributed by atoms with Crippen molar-refractivity contribution < 1.29 is 31.0 Å². The summed E-state index contributed by atoms with van der Waals surface area (Å²) in [7, 11) is 0. The number of hydrogen-bond acceptors (Lipinski definition) is 5. The largest absolute Gasteiger partial charge is 0.463 e. The highest BCUT2D eigenvalue weighted by atomic mass is 16.6. The minimum absolute atomic E-state index is 0.103. The summed E-state index contributed by atoms with van der Waals surface area (Å²) in [5.74, 6) is -1.95. The van der Waals surface area contributed by atoms with Crippen molar-refractivity contribution in [2.45, 2.75) is 174 Å². The van der Waals surface area contributed by atoms with Gasteiger partial charge in [0.25, 0.3) is 0 Å². The standard InChI is InChI=1S/C31H60O5/c1-3-5-7-9-11-13-15-17-19-21-23-25-30(33)35-27-29(32)28-36-31(34)26-24-22-20-18-16-14-12-10-8-6-4-2/h29,32H,3-28H2,1-2H3/i27D2,28D2,29D. The summed E-state index contributed by atoms with van der Waals surface area (Å²) >= 11 is 0. The van der Waals surface area contributed by atoms with Gasteiger partial charge in [0.15, 0.2) is 0 Å². The molecule has 0 radical (unpaired) electrons. The zero-order valence-electron chi connectivity index (χ0n) is 28.6. The van der Waals surface area contributed by atoms with Crippen molar-refractivity contribution in [3.8, 4) is 0 Å². The predicted octanol–water partition coefficient (Wildman–Crippen LogP) is 8.84. The van der Waals surface area contributed by atoms with Crippen LogP contribution in [0.4, 0.5) is 0 Å². The van der Waals surface area contributed by atoms with E-state index in [9.17, 15) is 14.7 Å². The van der Waals surface area contributed by atoms with Crippen LogP contribution in [-0.2, 0) is 19.1 Å². The van der Waals surface area contributed by atoms with Gasteiger partial charge in [-0.25, -0.2) is 0 Å². The van der Waals surface area contributed by atoms with E-state index in [1.165, 1.54) is 77.0 Å². The van der Waals surface area contributed by atoms with E-state index in [2.05, 4.69) is 23.3 Å². The van der Waals surface area contributed by atoms with Gasteiger partial charge in [0.2, 0.25) is 0 Å². The second kappa shape index (κ2) is 28.5. The second-order valence-corrected chi connectivity index (χ2v) is 10.1. The molecule has 0 bridgehead atoms. The maximum atomic E-state index is 12.2. The van der Waals surface area contributed by atoms with Crippen LogP contribution in [0.15, 0.2) is 0 Å². The molecule has 1 N–H and O–H groups in total. The minimum atomic E-state index is -3.64. The molecule has 0 aromatic rings. The first-order valence-electron chi connectivity index (χ1n) is 17.6. The topological polar surface area (TPSA) is 72.8 Å². The molecule has 5 nitrogen and oxygen atoms in total. The third-order valence-electron chi connectivity index (χ3n) is 6.49. The van der Waals surface area contributed by atoms with Gasteiger partial charge in [-0.15, -0.1) is 0 Å². The Hall–Kier alpha value is -1.10. The van der Waals surface area contributed by atoms with E-state index in [1.54, 1.807) is 0 Å². The van der Waals surface area contributed by atoms with E-state index < -0.39 is 31.1 Å². The fourth-order valence-corrected chi connectivity index (χ4v) is 4.20. The van der Waals surface area contributed by atoms with Gasteiger partial charge in [-0.3, -0.25) is 9.59 Å². The van der Waals surface area contributed by atoms with Gasteiger partial charge in [-0.1, -0.05) is 142 Å². The Labute approximate surface area is 230 Å². The lowest BCUT2D eigenvalue weighted by Crippen LogP contribution is -2.25. The molecular weight excluding hydrogens is 452 g/mol. The maximum Gasteiger partial charge on any atom is 0.305 e. The minimum Gasteiger partial charge on any atom is -0.463 e. The Bertz CT molecular complexity index is 619. The molecule has 0 spiro atoms. The molecule has 5 heteroatoms. The van der Waals surface area contributed by atoms with Crippen molar-refractivity contribution >= 4 is 11.9 Å². The van der Waals surface area contributed by atoms with E-state index >= 15 is 0 Å². The summed E-state index contributed by atoms with van der Waals surface area (Å²) in [5.41, 5.74) is 0. The van der Waals surface area contributed by atoms with Crippen LogP contribution in [-0.4, -0.2) is 36.2 Å². The molecule has 214 valence electrons. The number of rotatable bonds is 28. The van der Waals surface area contributed by atoms with Gasteiger partial charge in [0.1, 0.15) is 19.2 Å². The normalized spacial score (nSPS) is 14.4. The van der Waals surface area contributed by atoms with Gasteiger partial charge < -0.3 is 14.6 Å². The quantitative estimate of drug-likeness (QED) is 0.0828. The van der Waals surface area contributed by atoms with Crippen LogP contribution in [0.1, 0.15) is 175 Å². The molecule has 0 aliphatic heterocycles. The fraction of sp³-hybridized carbons (Fsp3) is 0.935. The van der Waals surface area contributed by atoms with Crippen LogP contribution in [0.3, 0.4) is 0 Å². The lowest BCUT2D eigenvalue weighted by molar-refractivity contribution is -0.152. The second-order valence-electron chi connectivity index (χ2n) is 10.1. The summed E-state index contributed by atoms with van der Waals surface area (Å²) in [6, 6.07) is 0. The molecule has 0 atom stereocenters. The third kappa shape index (κ3) is 27.5. The SMILES string of the molecule is [2H]C([2H])(OC(=O)CCCCCCCCCCCCC)C([2H])(O)C([2H])([2H])OC(=O)CCCCCCCCCCCCC. The lowest BCUT2D eigenvalue weighted by atomic mass is 10.1. The molecule has 0 amide bonds. The molecule has 0 aromatic heterocycles. The van der Waals surface area contributed by atoms with Gasteiger partial charge >= 0.3 is 11.9 Å². The number of esters is 2. The average Bonchev–Trinajstić information content (AvgIpc) is 2.89. The van der Waals surface area contributed by atoms with Crippen LogP contribution in [0.2, 0.25) is 0 Å². The van der Waals surface area contributed by atoms with Crippen molar-refractivity contribution in [3.63, 3.8) is 0 Å². The Morgan fingerprint density at radius 2 is 0.806 bits per heavy atom. The van der Waals surface area contributed by atoms with Gasteiger partial charge in [-0.2, -0.15) is 0 Å². The Morgan fingerprint density at radius 3 is 1.08 bits per heavy atom. The first kappa shape index (κ1) is 26.5. The molecule has 0 fully saturated rings. The van der Waals surface area contributed by atoms with Crippen LogP contribution in [0.5, 0.6) is 0 Å². The maximum absolute atomic E-state index is 12.2. The van der Waals surface area contributed by atoms with Crippen LogP contribution in [0.25, 0.3) is 0 Å². The molecule has 36 heavy (non-hydrogen) atoms. The average molecular weight is 518 g/mol. The monoisotopic (exact) mass is 517 g/mol. The van der Waals surface area contributed by atoms with E-state index in [-0.39, 0.29) is 12.8 Å². The molecule has 0 aliphatic carbocycles. The number of aliphatic hydroxyl groups is 1. The molecule has 0 saturated carbocycles. The zero-order chi connectivity index (χ0) is 31.0. The van der Waals surface area contributed by atoms with Crippen LogP contribution in [0, 0.1) is 0 Å². The molecule has 0 saturated heterocycles. The van der Waals surface area contributed by atoms with E-state index in [0.29, 0.717) is 12.8 Å². The first-order chi connectivity index (χ1) is 19.4. The summed E-state index contributed by atoms with van der Waals surface area (Å²) in [6.45, 7) is -2.43. The third-order valence-corrected chi connectivity index (χ3v) is 6.49. The fourth-order valence-electron chi connectivity index (χ4n) is 4.20. The highest BCUT2D eigenvalue weighted by Gasteiger charge is 2.12. The number of carbonyl (C=O) groups is 2. The zero-order valence-corrected chi connectivity index (χ0v) is 23.6. The van der Waals surface area contributed by atoms with Crippen molar-refractivity contribution in [1.82, 2.24) is 0 Å². The molecular formula is C31H60O5. The van der Waals surface area contributed by atoms with Crippen LogP contribution < -0.4 is 0 Å². The number of carbonyl (C=O) groups excluding carboxylic acids is 2. The summed E-state index contributed by atoms with van der Waals surface area (Å²) in [5, 5.41) is 10.4. The molecule has 0 rings (SSSR count). The predicted molar refractivity (Wildman–Crippen MR) is 150 cm³/mol. The van der Waals surface area contributed by atoms with Gasteiger partial charge in [0.05, 0.1) is 6.85 Å². The Balaban J connectivity index is 4.21. The number of hydrogen-bond donors (Lipinski definition) is 1. The number of ether oxygens (including phenoxy) is 2. The molecule has 0 aliphatic rings. The van der Waals surface area contributed by atoms with E-state index in [1.807, 2.05) is 0 Å². The van der Waals surface area contributed by atoms with Gasteiger partial charge in [-0.05, 0) is 12.8 Å². The smallest absolute Gasteiger partial charge is 0.305 e. The highest BCUT2D eigenvalue weighted by molar-refractivity contribution is 5.69. The Morgan fingerprint density at radius 1 is 0.556 bits per heavy atom. The van der Waals surface area contributed by atoms with Crippen molar-refractivity contribution in [3.05, 3.63) is 0 Å². The molecule has 0 heterocycles. The molecule has 0 unspecified atom stereocenters. The molecule has 0 aromatic carbocycles. The van der Waals surface area contributed by atoms with Gasteiger partial charge in [0, 0.05) is 12.8 Å². The summed E-state index contributed by atoms with van der Waals surface area (Å²) < 4.78 is 48.7. The van der Waals surface area contributed by atoms with Crippen molar-refractivity contribution in [2.24, 2.45) is 0 Å². The lowest BCUT2D eigenvalue weighted by Gasteiger charge is -2.12.